The van der Waals surface area contributed by atoms with Crippen molar-refractivity contribution in [2.45, 2.75) is 0 Å². The summed E-state index contributed by atoms with van der Waals surface area (Å²) in [4.78, 5) is 7.29. The molecule has 46 heavy (non-hydrogen) atoms. The molecule has 0 spiro atoms. The van der Waals surface area contributed by atoms with Crippen LogP contribution in [0.1, 0.15) is 50.3 Å². The molecule has 11 nitrogen and oxygen atoms in total. The predicted octanol–water partition coefficient (Wildman–Crippen LogP) is 4.87. The van der Waals surface area contributed by atoms with E-state index in [0.717, 1.165) is 12.1 Å². The van der Waals surface area contributed by atoms with E-state index in [0.29, 0.717) is 12.4 Å². The molecule has 5 rings (SSSR count). The van der Waals surface area contributed by atoms with Crippen molar-refractivity contribution in [3.8, 4) is 54.6 Å². The molecule has 13 heteroatoms. The van der Waals surface area contributed by atoms with E-state index in [1.165, 1.54) is 6.07 Å². The van der Waals surface area contributed by atoms with Crippen molar-refractivity contribution in [1.82, 2.24) is 9.97 Å². The number of pyridine rings is 2. The number of rotatable bonds is 2. The molecular formula is C33H5F2N11. The Kier molecular flexibility index (Phi) is 7.12. The fourth-order valence-electron chi connectivity index (χ4n) is 5.42. The number of nitrogens with zero attached hydrogens (tertiary/aromatic N) is 11. The third kappa shape index (κ3) is 4.01. The van der Waals surface area contributed by atoms with Crippen LogP contribution >= 0.6 is 0 Å². The van der Waals surface area contributed by atoms with Crippen molar-refractivity contribution in [3.05, 3.63) is 104 Å². The van der Waals surface area contributed by atoms with Gasteiger partial charge in [-0.1, -0.05) is 0 Å². The Bertz CT molecular complexity index is 2340. The quantitative estimate of drug-likeness (QED) is 0.363. The molecule has 1 aromatic carbocycles. The Morgan fingerprint density at radius 1 is 0.500 bits per heavy atom. The second-order valence-corrected chi connectivity index (χ2v) is 9.20. The first kappa shape index (κ1) is 29.2. The summed E-state index contributed by atoms with van der Waals surface area (Å²) in [6.45, 7) is 0. The number of benzene rings is 1. The SMILES string of the molecule is N#CC(C#N)=C1C(c2cc(C#N)ncc2F)=C(C#N)c2c1cc1c(c2C#N)C(C#N)=C(c2cc(C#N)ncc2F)C1=C(C#N)C#N. The smallest absolute Gasteiger partial charge is 0.149 e. The fraction of sp³-hybridized carbons (Fsp3) is 0. The normalized spacial score (nSPS) is 12.1. The molecule has 206 valence electrons. The van der Waals surface area contributed by atoms with E-state index in [2.05, 4.69) is 9.97 Å². The molecule has 0 saturated carbocycles. The van der Waals surface area contributed by atoms with Crippen LogP contribution in [0.2, 0.25) is 0 Å². The lowest BCUT2D eigenvalue weighted by Gasteiger charge is -2.13. The molecule has 0 unspecified atom stereocenters. The monoisotopic (exact) mass is 593 g/mol. The molecule has 2 aromatic heterocycles. The second-order valence-electron chi connectivity index (χ2n) is 9.20. The molecule has 0 N–H and O–H groups in total. The number of aromatic nitrogens is 2. The minimum Gasteiger partial charge on any atom is -0.242 e. The zero-order valence-electron chi connectivity index (χ0n) is 22.6. The average molecular weight is 593 g/mol. The van der Waals surface area contributed by atoms with Crippen LogP contribution < -0.4 is 0 Å². The van der Waals surface area contributed by atoms with E-state index >= 15 is 8.78 Å². The van der Waals surface area contributed by atoms with Crippen molar-refractivity contribution in [1.29, 1.82) is 47.4 Å². The fourth-order valence-corrected chi connectivity index (χ4v) is 5.42. The van der Waals surface area contributed by atoms with Crippen molar-refractivity contribution in [2.75, 3.05) is 0 Å². The van der Waals surface area contributed by atoms with E-state index in [1.54, 1.807) is 36.4 Å². The Hall–Kier alpha value is -8.25. The third-order valence-electron chi connectivity index (χ3n) is 7.13. The Balaban J connectivity index is 2.07. The van der Waals surface area contributed by atoms with Gasteiger partial charge in [0.1, 0.15) is 88.8 Å². The summed E-state index contributed by atoms with van der Waals surface area (Å²) in [5, 5.41) is 89.7. The van der Waals surface area contributed by atoms with Crippen LogP contribution in [-0.4, -0.2) is 9.97 Å². The van der Waals surface area contributed by atoms with Crippen molar-refractivity contribution >= 4 is 33.4 Å². The van der Waals surface area contributed by atoms with E-state index < -0.39 is 50.6 Å². The van der Waals surface area contributed by atoms with Gasteiger partial charge in [-0.05, 0) is 29.3 Å². The molecule has 2 heterocycles. The van der Waals surface area contributed by atoms with Gasteiger partial charge >= 0.3 is 0 Å². The molecule has 2 aliphatic carbocycles. The molecular weight excluding hydrogens is 588 g/mol. The number of fused-ring (bicyclic) bond motifs is 2. The van der Waals surface area contributed by atoms with Crippen LogP contribution in [0.25, 0.3) is 33.4 Å². The third-order valence-corrected chi connectivity index (χ3v) is 7.13. The van der Waals surface area contributed by atoms with E-state index in [1.807, 2.05) is 18.2 Å². The average Bonchev–Trinajstić information content (AvgIpc) is 3.58. The largest absolute Gasteiger partial charge is 0.242 e. The highest BCUT2D eigenvalue weighted by atomic mass is 19.1. The minimum atomic E-state index is -1.04. The van der Waals surface area contributed by atoms with Gasteiger partial charge in [0.25, 0.3) is 0 Å². The van der Waals surface area contributed by atoms with Gasteiger partial charge in [-0.3, -0.25) is 0 Å². The summed E-state index contributed by atoms with van der Waals surface area (Å²) in [6.07, 6.45) is 1.41. The Morgan fingerprint density at radius 2 is 0.891 bits per heavy atom. The lowest BCUT2D eigenvalue weighted by atomic mass is 9.87. The molecule has 0 amide bonds. The maximum atomic E-state index is 15.3. The molecule has 2 aliphatic rings. The topological polar surface area (TPSA) is 240 Å². The predicted molar refractivity (Wildman–Crippen MR) is 150 cm³/mol. The summed E-state index contributed by atoms with van der Waals surface area (Å²) < 4.78 is 30.6. The van der Waals surface area contributed by atoms with Crippen LogP contribution in [0.15, 0.2) is 41.7 Å². The van der Waals surface area contributed by atoms with Crippen LogP contribution in [0.4, 0.5) is 8.78 Å². The van der Waals surface area contributed by atoms with E-state index in [4.69, 9.17) is 0 Å². The molecule has 0 atom stereocenters. The van der Waals surface area contributed by atoms with Crippen molar-refractivity contribution < 1.29 is 8.78 Å². The number of hydrogen-bond acceptors (Lipinski definition) is 11. The first-order valence-corrected chi connectivity index (χ1v) is 12.4. The maximum Gasteiger partial charge on any atom is 0.149 e. The van der Waals surface area contributed by atoms with Crippen LogP contribution in [0.3, 0.4) is 0 Å². The number of halogens is 2. The number of hydrogen-bond donors (Lipinski definition) is 0. The molecule has 0 bridgehead atoms. The van der Waals surface area contributed by atoms with Gasteiger partial charge in [0, 0.05) is 44.5 Å². The Morgan fingerprint density at radius 3 is 1.20 bits per heavy atom. The zero-order chi connectivity index (χ0) is 33.3. The second kappa shape index (κ2) is 11.2. The molecule has 0 radical (unpaired) electrons. The minimum absolute atomic E-state index is 0.145. The molecule has 0 aliphatic heterocycles. The maximum absolute atomic E-state index is 15.3. The summed E-state index contributed by atoms with van der Waals surface area (Å²) in [5.41, 5.74) is -5.80. The van der Waals surface area contributed by atoms with E-state index in [9.17, 15) is 47.4 Å². The molecule has 0 saturated heterocycles. The molecule has 0 fully saturated rings. The summed E-state index contributed by atoms with van der Waals surface area (Å²) in [6, 6.07) is 19.1. The van der Waals surface area contributed by atoms with Crippen LogP contribution in [0.5, 0.6) is 0 Å². The highest BCUT2D eigenvalue weighted by molar-refractivity contribution is 6.31. The first-order chi connectivity index (χ1) is 22.3. The first-order valence-electron chi connectivity index (χ1n) is 12.4. The van der Waals surface area contributed by atoms with Gasteiger partial charge < -0.3 is 0 Å². The summed E-state index contributed by atoms with van der Waals surface area (Å²) >= 11 is 0. The van der Waals surface area contributed by atoms with Gasteiger partial charge in [-0.25, -0.2) is 18.7 Å². The lowest BCUT2D eigenvalue weighted by Crippen LogP contribution is -2.00. The highest BCUT2D eigenvalue weighted by Gasteiger charge is 2.41. The standard InChI is InChI=1S/C33H5F2N11/c34-26-13-45-17(8-40)1-19(26)32-24(11-43)30-21(28(32)15(4-36)5-37)3-22-29(16(6-38)7-39)33(25(12-44)31(22)23(30)10-42)20-2-18(9-41)46-14-27(20)35/h1-3,13-14H. The number of nitriles is 9. The van der Waals surface area contributed by atoms with E-state index in [-0.39, 0.29) is 55.9 Å². The highest BCUT2D eigenvalue weighted by Crippen LogP contribution is 2.56. The van der Waals surface area contributed by atoms with Gasteiger partial charge in [0.05, 0.1) is 29.1 Å². The Labute approximate surface area is 257 Å². The summed E-state index contributed by atoms with van der Waals surface area (Å²) in [7, 11) is 0. The van der Waals surface area contributed by atoms with Crippen molar-refractivity contribution in [2.24, 2.45) is 0 Å². The summed E-state index contributed by atoms with van der Waals surface area (Å²) in [5.74, 6) is -2.07. The lowest BCUT2D eigenvalue weighted by molar-refractivity contribution is 0.617. The number of allylic oxidation sites excluding steroid dienone is 8. The zero-order valence-corrected chi connectivity index (χ0v) is 22.6. The van der Waals surface area contributed by atoms with Crippen LogP contribution in [0, 0.1) is 114 Å². The van der Waals surface area contributed by atoms with Gasteiger partial charge in [0.15, 0.2) is 0 Å². The van der Waals surface area contributed by atoms with Crippen molar-refractivity contribution in [3.63, 3.8) is 0 Å². The van der Waals surface area contributed by atoms with Gasteiger partial charge in [-0.15, -0.1) is 0 Å². The van der Waals surface area contributed by atoms with Gasteiger partial charge in [0.2, 0.25) is 0 Å². The van der Waals surface area contributed by atoms with Gasteiger partial charge in [-0.2, -0.15) is 47.4 Å². The molecule has 3 aromatic rings. The van der Waals surface area contributed by atoms with Crippen LogP contribution in [-0.2, 0) is 0 Å².